The largest absolute Gasteiger partial charge is 0.361 e. The molecule has 0 spiro atoms. The topological polar surface area (TPSA) is 52.0 Å². The molecule has 1 atom stereocenters. The summed E-state index contributed by atoms with van der Waals surface area (Å²) in [5, 5.41) is 3.95. The summed E-state index contributed by atoms with van der Waals surface area (Å²) < 4.78 is 5.14. The summed E-state index contributed by atoms with van der Waals surface area (Å²) in [6, 6.07) is 1.99. The van der Waals surface area contributed by atoms with Crippen LogP contribution >= 0.6 is 0 Å². The molecule has 3 heteroatoms. The molecule has 0 fully saturated rings. The first-order chi connectivity index (χ1) is 5.65. The van der Waals surface area contributed by atoms with Crippen LogP contribution in [0.25, 0.3) is 0 Å². The molecule has 0 aromatic carbocycles. The summed E-state index contributed by atoms with van der Waals surface area (Å²) in [5.74, 6) is 1.63. The van der Waals surface area contributed by atoms with Crippen molar-refractivity contribution in [3.05, 3.63) is 17.5 Å². The average Bonchev–Trinajstić information content (AvgIpc) is 2.51. The molecule has 2 N–H and O–H groups in total. The standard InChI is InChI=1S/C9H16N2O/c1-6(2)9-4-8(11-12-9)7(3)5-10/h4,6-7H,5,10H2,1-3H3. The Labute approximate surface area is 72.9 Å². The van der Waals surface area contributed by atoms with Crippen molar-refractivity contribution in [3.8, 4) is 0 Å². The maximum absolute atomic E-state index is 5.51. The summed E-state index contributed by atoms with van der Waals surface area (Å²) in [6.07, 6.45) is 0. The summed E-state index contributed by atoms with van der Waals surface area (Å²) >= 11 is 0. The zero-order valence-electron chi connectivity index (χ0n) is 7.87. The third-order valence-electron chi connectivity index (χ3n) is 1.97. The molecule has 1 unspecified atom stereocenters. The maximum Gasteiger partial charge on any atom is 0.139 e. The maximum atomic E-state index is 5.51. The minimum absolute atomic E-state index is 0.293. The van der Waals surface area contributed by atoms with Crippen molar-refractivity contribution in [1.29, 1.82) is 0 Å². The fourth-order valence-corrected chi connectivity index (χ4v) is 0.929. The Morgan fingerprint density at radius 2 is 2.17 bits per heavy atom. The lowest BCUT2D eigenvalue weighted by Crippen LogP contribution is -2.08. The van der Waals surface area contributed by atoms with Crippen LogP contribution in [0.2, 0.25) is 0 Å². The molecule has 1 aromatic rings. The Bertz CT molecular complexity index is 242. The van der Waals surface area contributed by atoms with Crippen LogP contribution in [0, 0.1) is 0 Å². The lowest BCUT2D eigenvalue weighted by atomic mass is 10.1. The fourth-order valence-electron chi connectivity index (χ4n) is 0.929. The summed E-state index contributed by atoms with van der Waals surface area (Å²) in [5.41, 5.74) is 6.47. The van der Waals surface area contributed by atoms with Gasteiger partial charge in [-0.05, 0) is 0 Å². The van der Waals surface area contributed by atoms with E-state index in [0.29, 0.717) is 18.4 Å². The first-order valence-electron chi connectivity index (χ1n) is 4.31. The smallest absolute Gasteiger partial charge is 0.139 e. The van der Waals surface area contributed by atoms with Gasteiger partial charge in [-0.25, -0.2) is 0 Å². The van der Waals surface area contributed by atoms with Gasteiger partial charge in [0.25, 0.3) is 0 Å². The van der Waals surface area contributed by atoms with Crippen molar-refractivity contribution in [3.63, 3.8) is 0 Å². The number of nitrogens with two attached hydrogens (primary N) is 1. The Hall–Kier alpha value is -0.830. The van der Waals surface area contributed by atoms with E-state index in [1.807, 2.05) is 13.0 Å². The molecule has 12 heavy (non-hydrogen) atoms. The molecule has 1 aromatic heterocycles. The number of aromatic nitrogens is 1. The van der Waals surface area contributed by atoms with Crippen molar-refractivity contribution >= 4 is 0 Å². The van der Waals surface area contributed by atoms with Gasteiger partial charge in [-0.2, -0.15) is 0 Å². The highest BCUT2D eigenvalue weighted by Gasteiger charge is 2.11. The van der Waals surface area contributed by atoms with E-state index >= 15 is 0 Å². The lowest BCUT2D eigenvalue weighted by Gasteiger charge is -2.00. The predicted molar refractivity (Wildman–Crippen MR) is 48.1 cm³/mol. The minimum Gasteiger partial charge on any atom is -0.361 e. The molecular weight excluding hydrogens is 152 g/mol. The van der Waals surface area contributed by atoms with Crippen LogP contribution in [-0.2, 0) is 0 Å². The molecule has 0 bridgehead atoms. The van der Waals surface area contributed by atoms with Gasteiger partial charge >= 0.3 is 0 Å². The van der Waals surface area contributed by atoms with Crippen molar-refractivity contribution in [2.24, 2.45) is 5.73 Å². The second kappa shape index (κ2) is 3.72. The molecule has 1 heterocycles. The quantitative estimate of drug-likeness (QED) is 0.749. The molecule has 3 nitrogen and oxygen atoms in total. The van der Waals surface area contributed by atoms with E-state index in [0.717, 1.165) is 11.5 Å². The zero-order chi connectivity index (χ0) is 9.14. The second-order valence-electron chi connectivity index (χ2n) is 3.45. The van der Waals surface area contributed by atoms with Gasteiger partial charge in [0.2, 0.25) is 0 Å². The molecule has 0 amide bonds. The zero-order valence-corrected chi connectivity index (χ0v) is 7.87. The van der Waals surface area contributed by atoms with E-state index in [1.54, 1.807) is 0 Å². The SMILES string of the molecule is CC(C)c1cc(C(C)CN)no1. The van der Waals surface area contributed by atoms with Crippen molar-refractivity contribution in [2.45, 2.75) is 32.6 Å². The summed E-state index contributed by atoms with van der Waals surface area (Å²) in [7, 11) is 0. The van der Waals surface area contributed by atoms with Crippen LogP contribution in [0.5, 0.6) is 0 Å². The second-order valence-corrected chi connectivity index (χ2v) is 3.45. The molecular formula is C9H16N2O. The van der Waals surface area contributed by atoms with E-state index < -0.39 is 0 Å². The number of hydrogen-bond donors (Lipinski definition) is 1. The monoisotopic (exact) mass is 168 g/mol. The normalized spacial score (nSPS) is 13.8. The summed E-state index contributed by atoms with van der Waals surface area (Å²) in [6.45, 7) is 6.82. The Kier molecular flexibility index (Phi) is 2.87. The van der Waals surface area contributed by atoms with Gasteiger partial charge in [0.05, 0.1) is 5.69 Å². The van der Waals surface area contributed by atoms with Gasteiger partial charge in [-0.15, -0.1) is 0 Å². The van der Waals surface area contributed by atoms with E-state index in [-0.39, 0.29) is 0 Å². The van der Waals surface area contributed by atoms with Gasteiger partial charge in [0, 0.05) is 24.4 Å². The Morgan fingerprint density at radius 3 is 2.58 bits per heavy atom. The molecule has 1 rings (SSSR count). The predicted octanol–water partition coefficient (Wildman–Crippen LogP) is 1.86. The first-order valence-corrected chi connectivity index (χ1v) is 4.31. The van der Waals surface area contributed by atoms with Gasteiger partial charge in [0.15, 0.2) is 0 Å². The van der Waals surface area contributed by atoms with Gasteiger partial charge < -0.3 is 10.3 Å². The molecule has 0 saturated heterocycles. The molecule has 0 aliphatic carbocycles. The van der Waals surface area contributed by atoms with Crippen LogP contribution < -0.4 is 5.73 Å². The Morgan fingerprint density at radius 1 is 1.50 bits per heavy atom. The van der Waals surface area contributed by atoms with Gasteiger partial charge in [0.1, 0.15) is 5.76 Å². The average molecular weight is 168 g/mol. The van der Waals surface area contributed by atoms with Crippen LogP contribution in [0.3, 0.4) is 0 Å². The van der Waals surface area contributed by atoms with Crippen molar-refractivity contribution < 1.29 is 4.52 Å². The minimum atomic E-state index is 0.293. The number of rotatable bonds is 3. The van der Waals surface area contributed by atoms with Gasteiger partial charge in [-0.3, -0.25) is 0 Å². The van der Waals surface area contributed by atoms with Crippen LogP contribution in [0.4, 0.5) is 0 Å². The highest BCUT2D eigenvalue weighted by molar-refractivity contribution is 5.12. The molecule has 0 radical (unpaired) electrons. The van der Waals surface area contributed by atoms with Crippen LogP contribution in [0.1, 0.15) is 44.1 Å². The number of nitrogens with zero attached hydrogens (tertiary/aromatic N) is 1. The highest BCUT2D eigenvalue weighted by atomic mass is 16.5. The van der Waals surface area contributed by atoms with E-state index in [1.165, 1.54) is 0 Å². The third kappa shape index (κ3) is 1.85. The van der Waals surface area contributed by atoms with Crippen LogP contribution in [0.15, 0.2) is 10.6 Å². The number of hydrogen-bond acceptors (Lipinski definition) is 3. The first kappa shape index (κ1) is 9.26. The fraction of sp³-hybridized carbons (Fsp3) is 0.667. The molecule has 68 valence electrons. The highest BCUT2D eigenvalue weighted by Crippen LogP contribution is 2.19. The third-order valence-corrected chi connectivity index (χ3v) is 1.97. The van der Waals surface area contributed by atoms with Gasteiger partial charge in [-0.1, -0.05) is 25.9 Å². The lowest BCUT2D eigenvalue weighted by molar-refractivity contribution is 0.363. The molecule has 0 aliphatic heterocycles. The van der Waals surface area contributed by atoms with Crippen molar-refractivity contribution in [1.82, 2.24) is 5.16 Å². The van der Waals surface area contributed by atoms with E-state index in [9.17, 15) is 0 Å². The van der Waals surface area contributed by atoms with Crippen LogP contribution in [-0.4, -0.2) is 11.7 Å². The Balaban J connectivity index is 2.77. The molecule has 0 aliphatic rings. The van der Waals surface area contributed by atoms with Crippen molar-refractivity contribution in [2.75, 3.05) is 6.54 Å². The summed E-state index contributed by atoms with van der Waals surface area (Å²) in [4.78, 5) is 0. The van der Waals surface area contributed by atoms with E-state index in [4.69, 9.17) is 10.3 Å². The molecule has 0 saturated carbocycles. The van der Waals surface area contributed by atoms with E-state index in [2.05, 4.69) is 19.0 Å².